The van der Waals surface area contributed by atoms with Crippen molar-refractivity contribution in [3.8, 4) is 5.69 Å². The number of hydrazone groups is 1. The summed E-state index contributed by atoms with van der Waals surface area (Å²) in [5.41, 5.74) is 5.29. The molecule has 1 N–H and O–H groups in total. The second-order valence-corrected chi connectivity index (χ2v) is 8.16. The first-order valence-electron chi connectivity index (χ1n) is 10.6. The maximum atomic E-state index is 11.5. The molecular weight excluding hydrogens is 452 g/mol. The average molecular weight is 473 g/mol. The number of aromatic nitrogens is 3. The number of para-hydroxylation sites is 1. The van der Waals surface area contributed by atoms with E-state index in [1.54, 1.807) is 0 Å². The van der Waals surface area contributed by atoms with Gasteiger partial charge in [0, 0.05) is 21.8 Å². The van der Waals surface area contributed by atoms with Crippen LogP contribution in [0.1, 0.15) is 22.5 Å². The number of nitrogens with one attached hydrogen (secondary N) is 1. The Balaban J connectivity index is 1.59. The third-order valence-corrected chi connectivity index (χ3v) is 5.75. The lowest BCUT2D eigenvalue weighted by Crippen LogP contribution is -2.20. The van der Waals surface area contributed by atoms with Crippen LogP contribution in [0.15, 0.2) is 77.9 Å². The van der Waals surface area contributed by atoms with Gasteiger partial charge in [0.2, 0.25) is 0 Å². The number of ether oxygens (including phenoxy) is 1. The first-order valence-corrected chi connectivity index (χ1v) is 11.0. The van der Waals surface area contributed by atoms with Crippen molar-refractivity contribution in [2.45, 2.75) is 13.5 Å². The number of benzene rings is 3. The van der Waals surface area contributed by atoms with E-state index >= 15 is 0 Å². The Morgan fingerprint density at radius 1 is 1.00 bits per heavy atom. The molecule has 2 heterocycles. The summed E-state index contributed by atoms with van der Waals surface area (Å²) in [4.78, 5) is 11.5. The molecule has 0 radical (unpaired) electrons. The van der Waals surface area contributed by atoms with Crippen molar-refractivity contribution in [2.24, 2.45) is 5.10 Å². The van der Waals surface area contributed by atoms with Gasteiger partial charge in [-0.15, -0.1) is 10.2 Å². The molecule has 1 aliphatic rings. The van der Waals surface area contributed by atoms with Crippen molar-refractivity contribution in [3.05, 3.63) is 100 Å². The number of carbonyl (C=O) groups excluding carboxylic acids is 1. The van der Waals surface area contributed by atoms with Crippen LogP contribution in [0.2, 0.25) is 5.02 Å². The van der Waals surface area contributed by atoms with Crippen LogP contribution in [0.5, 0.6) is 0 Å². The summed E-state index contributed by atoms with van der Waals surface area (Å²) < 4.78 is 6.66. The molecule has 9 heteroatoms. The van der Waals surface area contributed by atoms with Crippen molar-refractivity contribution in [3.63, 3.8) is 0 Å². The van der Waals surface area contributed by atoms with Gasteiger partial charge in [-0.2, -0.15) is 5.10 Å². The summed E-state index contributed by atoms with van der Waals surface area (Å²) in [5, 5.41) is 19.0. The van der Waals surface area contributed by atoms with Gasteiger partial charge in [0.05, 0.1) is 19.3 Å². The van der Waals surface area contributed by atoms with E-state index in [1.165, 1.54) is 7.11 Å². The molecule has 8 nitrogen and oxygen atoms in total. The third kappa shape index (κ3) is 4.11. The van der Waals surface area contributed by atoms with E-state index in [0.29, 0.717) is 23.2 Å². The Labute approximate surface area is 201 Å². The quantitative estimate of drug-likeness (QED) is 0.442. The number of nitrogens with zero attached hydrogens (tertiary/aromatic N) is 5. The van der Waals surface area contributed by atoms with Crippen molar-refractivity contribution < 1.29 is 9.53 Å². The van der Waals surface area contributed by atoms with Crippen LogP contribution in [0.4, 0.5) is 16.4 Å². The van der Waals surface area contributed by atoms with Crippen LogP contribution in [0.3, 0.4) is 0 Å². The van der Waals surface area contributed by atoms with Crippen LogP contribution in [-0.2, 0) is 11.3 Å². The summed E-state index contributed by atoms with van der Waals surface area (Å²) in [6.07, 6.45) is -0.515. The highest BCUT2D eigenvalue weighted by Gasteiger charge is 2.26. The fourth-order valence-corrected chi connectivity index (χ4v) is 3.98. The number of carbonyl (C=O) groups is 1. The average Bonchev–Trinajstić information content (AvgIpc) is 3.18. The summed E-state index contributed by atoms with van der Waals surface area (Å²) in [7, 11) is 1.33. The second kappa shape index (κ2) is 8.99. The lowest BCUT2D eigenvalue weighted by molar-refractivity contribution is 0.187. The van der Waals surface area contributed by atoms with Crippen LogP contribution in [0.25, 0.3) is 5.69 Å². The van der Waals surface area contributed by atoms with Crippen LogP contribution in [0, 0.1) is 6.92 Å². The maximum Gasteiger partial charge on any atom is 0.411 e. The minimum Gasteiger partial charge on any atom is -0.453 e. The molecule has 5 rings (SSSR count). The summed E-state index contributed by atoms with van der Waals surface area (Å²) in [6.45, 7) is 2.37. The molecule has 34 heavy (non-hydrogen) atoms. The Morgan fingerprint density at radius 2 is 1.74 bits per heavy atom. The van der Waals surface area contributed by atoms with Crippen LogP contribution in [-0.4, -0.2) is 33.7 Å². The van der Waals surface area contributed by atoms with Gasteiger partial charge in [0.25, 0.3) is 5.95 Å². The van der Waals surface area contributed by atoms with Gasteiger partial charge in [0.1, 0.15) is 11.5 Å². The molecular formula is C25H21ClN6O2. The van der Waals surface area contributed by atoms with Crippen molar-refractivity contribution >= 4 is 35.0 Å². The zero-order valence-corrected chi connectivity index (χ0v) is 19.3. The topological polar surface area (TPSA) is 84.6 Å². The minimum atomic E-state index is -0.515. The fourth-order valence-electron chi connectivity index (χ4n) is 3.85. The van der Waals surface area contributed by atoms with Crippen LogP contribution < -0.4 is 10.3 Å². The van der Waals surface area contributed by atoms with E-state index in [9.17, 15) is 4.79 Å². The monoisotopic (exact) mass is 472 g/mol. The van der Waals surface area contributed by atoms with E-state index in [0.717, 1.165) is 33.9 Å². The Morgan fingerprint density at radius 3 is 2.47 bits per heavy atom. The van der Waals surface area contributed by atoms with Gasteiger partial charge in [-0.25, -0.2) is 9.80 Å². The molecule has 4 aromatic rings. The van der Waals surface area contributed by atoms with E-state index in [2.05, 4.69) is 20.3 Å². The normalized spacial score (nSPS) is 12.3. The van der Waals surface area contributed by atoms with E-state index in [4.69, 9.17) is 16.7 Å². The van der Waals surface area contributed by atoms with Gasteiger partial charge in [-0.3, -0.25) is 9.88 Å². The molecule has 0 fully saturated rings. The van der Waals surface area contributed by atoms with Gasteiger partial charge >= 0.3 is 6.09 Å². The lowest BCUT2D eigenvalue weighted by atomic mass is 10.0. The standard InChI is InChI=1S/C25H21ClN6O2/c1-16-28-29-24-31(15-17-7-13-20(14-8-17)27-25(33)34-2)30-23(18-9-11-19(26)12-10-18)21-5-3-4-6-22(21)32(16)24/h3-14H,15H2,1-2H3,(H,27,33). The molecule has 3 aromatic carbocycles. The van der Waals surface area contributed by atoms with Crippen LogP contribution >= 0.6 is 11.6 Å². The maximum absolute atomic E-state index is 11.5. The molecule has 170 valence electrons. The first-order chi connectivity index (χ1) is 16.5. The highest BCUT2D eigenvalue weighted by molar-refractivity contribution is 6.30. The number of aryl methyl sites for hydroxylation is 1. The van der Waals surface area contributed by atoms with Crippen molar-refractivity contribution in [2.75, 3.05) is 17.4 Å². The highest BCUT2D eigenvalue weighted by atomic mass is 35.5. The summed E-state index contributed by atoms with van der Waals surface area (Å²) in [6, 6.07) is 23.2. The van der Waals surface area contributed by atoms with Gasteiger partial charge in [0.15, 0.2) is 0 Å². The number of halogens is 1. The lowest BCUT2D eigenvalue weighted by Gasteiger charge is -2.18. The molecule has 0 atom stereocenters. The highest BCUT2D eigenvalue weighted by Crippen LogP contribution is 2.30. The number of methoxy groups -OCH3 is 1. The number of amides is 1. The van der Waals surface area contributed by atoms with Crippen molar-refractivity contribution in [1.29, 1.82) is 0 Å². The Hall–Kier alpha value is -4.17. The predicted molar refractivity (Wildman–Crippen MR) is 132 cm³/mol. The van der Waals surface area contributed by atoms with Gasteiger partial charge in [-0.05, 0) is 42.8 Å². The zero-order chi connectivity index (χ0) is 23.7. The molecule has 0 spiro atoms. The Kier molecular flexibility index (Phi) is 5.73. The van der Waals surface area contributed by atoms with E-state index in [1.807, 2.05) is 89.3 Å². The summed E-state index contributed by atoms with van der Waals surface area (Å²) >= 11 is 6.14. The fraction of sp³-hybridized carbons (Fsp3) is 0.120. The zero-order valence-electron chi connectivity index (χ0n) is 18.6. The molecule has 0 saturated heterocycles. The van der Waals surface area contributed by atoms with Gasteiger partial charge < -0.3 is 4.74 Å². The third-order valence-electron chi connectivity index (χ3n) is 5.50. The van der Waals surface area contributed by atoms with E-state index in [-0.39, 0.29) is 0 Å². The van der Waals surface area contributed by atoms with E-state index < -0.39 is 6.09 Å². The number of anilines is 2. The molecule has 1 amide bonds. The van der Waals surface area contributed by atoms with Crippen molar-refractivity contribution in [1.82, 2.24) is 14.8 Å². The first kappa shape index (κ1) is 21.7. The number of hydrogen-bond acceptors (Lipinski definition) is 6. The molecule has 0 saturated carbocycles. The molecule has 1 aromatic heterocycles. The molecule has 1 aliphatic heterocycles. The molecule has 0 unspecified atom stereocenters. The number of rotatable bonds is 4. The SMILES string of the molecule is COC(=O)Nc1ccc(CN2N=C(c3ccc(Cl)cc3)c3ccccc3-n3c(C)nnc32)cc1. The minimum absolute atomic E-state index is 0.446. The number of hydrogen-bond donors (Lipinski definition) is 1. The molecule has 0 aliphatic carbocycles. The Bertz CT molecular complexity index is 1380. The summed E-state index contributed by atoms with van der Waals surface area (Å²) in [5.74, 6) is 1.38. The predicted octanol–water partition coefficient (Wildman–Crippen LogP) is 5.18. The van der Waals surface area contributed by atoms with Gasteiger partial charge in [-0.1, -0.05) is 54.1 Å². The smallest absolute Gasteiger partial charge is 0.411 e. The number of fused-ring (bicyclic) bond motifs is 3. The molecule has 0 bridgehead atoms. The second-order valence-electron chi connectivity index (χ2n) is 7.73. The largest absolute Gasteiger partial charge is 0.453 e.